The molecule has 1 aliphatic carbocycles. The number of hydrogen-bond donors (Lipinski definition) is 1. The molecule has 2 atom stereocenters. The third-order valence-corrected chi connectivity index (χ3v) is 4.23. The summed E-state index contributed by atoms with van der Waals surface area (Å²) in [6.07, 6.45) is 3.48. The zero-order chi connectivity index (χ0) is 13.1. The molecule has 3 heteroatoms. The Morgan fingerprint density at radius 3 is 2.41 bits per heavy atom. The van der Waals surface area contributed by atoms with E-state index in [2.05, 4.69) is 25.7 Å². The molecule has 2 fully saturated rings. The number of nitrogens with two attached hydrogens (primary N) is 1. The SMILES string of the molecule is CC1(C)CC2CC(C)(CN2C(=O)C(C)(C)N)C1. The zero-order valence-corrected chi connectivity index (χ0v) is 11.8. The van der Waals surface area contributed by atoms with Gasteiger partial charge >= 0.3 is 0 Å². The van der Waals surface area contributed by atoms with E-state index in [1.165, 1.54) is 6.42 Å². The Labute approximate surface area is 105 Å². The van der Waals surface area contributed by atoms with Gasteiger partial charge in [0.2, 0.25) is 5.91 Å². The summed E-state index contributed by atoms with van der Waals surface area (Å²) < 4.78 is 0. The van der Waals surface area contributed by atoms with E-state index in [9.17, 15) is 4.79 Å². The lowest BCUT2D eigenvalue weighted by atomic mass is 9.65. The molecule has 2 bridgehead atoms. The van der Waals surface area contributed by atoms with E-state index in [1.54, 1.807) is 0 Å². The van der Waals surface area contributed by atoms with Gasteiger partial charge in [0.25, 0.3) is 0 Å². The largest absolute Gasteiger partial charge is 0.338 e. The first-order valence-electron chi connectivity index (χ1n) is 6.63. The predicted octanol–water partition coefficient (Wildman–Crippen LogP) is 2.15. The third kappa shape index (κ3) is 2.35. The lowest BCUT2D eigenvalue weighted by Crippen LogP contribution is -2.52. The number of nitrogens with zero attached hydrogens (tertiary/aromatic N) is 1. The topological polar surface area (TPSA) is 46.3 Å². The van der Waals surface area contributed by atoms with Crippen LogP contribution in [0, 0.1) is 10.8 Å². The van der Waals surface area contributed by atoms with E-state index in [0.717, 1.165) is 19.4 Å². The maximum absolute atomic E-state index is 12.4. The number of carbonyl (C=O) groups is 1. The van der Waals surface area contributed by atoms with Crippen LogP contribution in [0.1, 0.15) is 53.9 Å². The zero-order valence-electron chi connectivity index (χ0n) is 11.8. The summed E-state index contributed by atoms with van der Waals surface area (Å²) in [5.41, 5.74) is 5.87. The lowest BCUT2D eigenvalue weighted by molar-refractivity contribution is -0.137. The maximum atomic E-state index is 12.4. The minimum Gasteiger partial charge on any atom is -0.338 e. The molecule has 1 aliphatic heterocycles. The molecule has 1 saturated heterocycles. The van der Waals surface area contributed by atoms with Crippen LogP contribution in [0.3, 0.4) is 0 Å². The molecule has 17 heavy (non-hydrogen) atoms. The highest BCUT2D eigenvalue weighted by Gasteiger charge is 2.52. The highest BCUT2D eigenvalue weighted by Crippen LogP contribution is 2.52. The minimum absolute atomic E-state index is 0.115. The van der Waals surface area contributed by atoms with Crippen LogP contribution in [0.15, 0.2) is 0 Å². The molecule has 1 heterocycles. The number of rotatable bonds is 1. The molecule has 0 spiro atoms. The summed E-state index contributed by atoms with van der Waals surface area (Å²) in [5.74, 6) is 0.115. The van der Waals surface area contributed by atoms with Crippen molar-refractivity contribution in [3.05, 3.63) is 0 Å². The normalized spacial score (nSPS) is 36.1. The van der Waals surface area contributed by atoms with Crippen molar-refractivity contribution < 1.29 is 4.79 Å². The standard InChI is InChI=1S/C14H26N2O/c1-12(2)6-10-7-14(5,8-12)9-16(10)11(17)13(3,4)15/h10H,6-9,15H2,1-5H3. The first-order valence-corrected chi connectivity index (χ1v) is 6.63. The summed E-state index contributed by atoms with van der Waals surface area (Å²) in [6.45, 7) is 11.5. The van der Waals surface area contributed by atoms with E-state index in [4.69, 9.17) is 5.73 Å². The first-order chi connectivity index (χ1) is 7.53. The molecular formula is C14H26N2O. The van der Waals surface area contributed by atoms with Crippen LogP contribution in [0.25, 0.3) is 0 Å². The van der Waals surface area contributed by atoms with Gasteiger partial charge in [0.1, 0.15) is 0 Å². The van der Waals surface area contributed by atoms with Crippen molar-refractivity contribution in [2.45, 2.75) is 65.5 Å². The van der Waals surface area contributed by atoms with Crippen molar-refractivity contribution in [2.24, 2.45) is 16.6 Å². The van der Waals surface area contributed by atoms with Gasteiger partial charge in [-0.15, -0.1) is 0 Å². The molecule has 98 valence electrons. The quantitative estimate of drug-likeness (QED) is 0.761. The second-order valence-electron chi connectivity index (χ2n) is 7.87. The molecule has 1 amide bonds. The molecule has 2 N–H and O–H groups in total. The summed E-state index contributed by atoms with van der Waals surface area (Å²) in [4.78, 5) is 14.4. The van der Waals surface area contributed by atoms with Gasteiger partial charge in [-0.1, -0.05) is 20.8 Å². The lowest BCUT2D eigenvalue weighted by Gasteiger charge is -2.39. The fraction of sp³-hybridized carbons (Fsp3) is 0.929. The highest BCUT2D eigenvalue weighted by atomic mass is 16.2. The van der Waals surface area contributed by atoms with Gasteiger partial charge in [0.15, 0.2) is 0 Å². The molecule has 0 aromatic heterocycles. The average molecular weight is 238 g/mol. The smallest absolute Gasteiger partial charge is 0.242 e. The molecular weight excluding hydrogens is 212 g/mol. The van der Waals surface area contributed by atoms with Crippen molar-refractivity contribution >= 4 is 5.91 Å². The Morgan fingerprint density at radius 2 is 1.88 bits per heavy atom. The fourth-order valence-electron chi connectivity index (χ4n) is 4.07. The molecule has 0 aromatic carbocycles. The summed E-state index contributed by atoms with van der Waals surface area (Å²) in [7, 11) is 0. The molecule has 2 rings (SSSR count). The number of hydrogen-bond acceptors (Lipinski definition) is 2. The van der Waals surface area contributed by atoms with Crippen LogP contribution >= 0.6 is 0 Å². The van der Waals surface area contributed by atoms with E-state index in [0.29, 0.717) is 16.9 Å². The fourth-order valence-corrected chi connectivity index (χ4v) is 4.07. The van der Waals surface area contributed by atoms with Gasteiger partial charge in [-0.25, -0.2) is 0 Å². The molecule has 3 nitrogen and oxygen atoms in total. The van der Waals surface area contributed by atoms with Gasteiger partial charge < -0.3 is 10.6 Å². The van der Waals surface area contributed by atoms with Crippen LogP contribution in [0.5, 0.6) is 0 Å². The Hall–Kier alpha value is -0.570. The van der Waals surface area contributed by atoms with Crippen molar-refractivity contribution in [2.75, 3.05) is 6.54 Å². The highest BCUT2D eigenvalue weighted by molar-refractivity contribution is 5.85. The number of amides is 1. The van der Waals surface area contributed by atoms with Gasteiger partial charge in [-0.3, -0.25) is 4.79 Å². The van der Waals surface area contributed by atoms with Crippen molar-refractivity contribution in [3.8, 4) is 0 Å². The Balaban J connectivity index is 2.22. The van der Waals surface area contributed by atoms with Gasteiger partial charge in [0, 0.05) is 12.6 Å². The minimum atomic E-state index is -0.738. The van der Waals surface area contributed by atoms with Crippen LogP contribution in [0.4, 0.5) is 0 Å². The van der Waals surface area contributed by atoms with E-state index in [-0.39, 0.29) is 5.91 Å². The van der Waals surface area contributed by atoms with Gasteiger partial charge in [-0.05, 0) is 43.9 Å². The average Bonchev–Trinajstić information content (AvgIpc) is 2.31. The third-order valence-electron chi connectivity index (χ3n) is 4.23. The summed E-state index contributed by atoms with van der Waals surface area (Å²) in [6, 6.07) is 0.402. The molecule has 1 saturated carbocycles. The first kappa shape index (κ1) is 12.9. The van der Waals surface area contributed by atoms with Crippen LogP contribution < -0.4 is 5.73 Å². The van der Waals surface area contributed by atoms with Crippen LogP contribution in [0.2, 0.25) is 0 Å². The van der Waals surface area contributed by atoms with Crippen LogP contribution in [-0.4, -0.2) is 28.9 Å². The van der Waals surface area contributed by atoms with E-state index >= 15 is 0 Å². The summed E-state index contributed by atoms with van der Waals surface area (Å²) in [5, 5.41) is 0. The Morgan fingerprint density at radius 1 is 1.29 bits per heavy atom. The van der Waals surface area contributed by atoms with E-state index < -0.39 is 5.54 Å². The van der Waals surface area contributed by atoms with E-state index in [1.807, 2.05) is 13.8 Å². The van der Waals surface area contributed by atoms with Crippen molar-refractivity contribution in [1.82, 2.24) is 4.90 Å². The predicted molar refractivity (Wildman–Crippen MR) is 69.5 cm³/mol. The second kappa shape index (κ2) is 3.47. The number of likely N-dealkylation sites (tertiary alicyclic amines) is 1. The summed E-state index contributed by atoms with van der Waals surface area (Å²) >= 11 is 0. The molecule has 0 radical (unpaired) electrons. The van der Waals surface area contributed by atoms with Crippen molar-refractivity contribution in [1.29, 1.82) is 0 Å². The molecule has 2 aliphatic rings. The van der Waals surface area contributed by atoms with Gasteiger partial charge in [-0.2, -0.15) is 0 Å². The van der Waals surface area contributed by atoms with Gasteiger partial charge in [0.05, 0.1) is 5.54 Å². The molecule has 0 aromatic rings. The van der Waals surface area contributed by atoms with Crippen LogP contribution in [-0.2, 0) is 4.79 Å². The van der Waals surface area contributed by atoms with Crippen molar-refractivity contribution in [3.63, 3.8) is 0 Å². The Kier molecular flexibility index (Phi) is 2.63. The number of carbonyl (C=O) groups excluding carboxylic acids is 1. The monoisotopic (exact) mass is 238 g/mol. The Bertz CT molecular complexity index is 343. The second-order valence-corrected chi connectivity index (χ2v) is 7.87. The molecule has 2 unspecified atom stereocenters. The number of fused-ring (bicyclic) bond motifs is 2. The maximum Gasteiger partial charge on any atom is 0.242 e.